The Kier molecular flexibility index (Phi) is 12.1. The Morgan fingerprint density at radius 2 is 1.00 bits per heavy atom. The molecule has 6 nitrogen and oxygen atoms in total. The smallest absolute Gasteiger partial charge is 0.291 e. The zero-order chi connectivity index (χ0) is 20.3. The Bertz CT molecular complexity index is 532. The molecular weight excluding hydrogens is 351 g/mol. The van der Waals surface area contributed by atoms with Crippen molar-refractivity contribution in [2.24, 2.45) is 5.92 Å². The van der Waals surface area contributed by atoms with Crippen LogP contribution in [0.1, 0.15) is 59.8 Å². The van der Waals surface area contributed by atoms with Gasteiger partial charge in [-0.15, -0.1) is 0 Å². The highest BCUT2D eigenvalue weighted by atomic mass is 27.2. The Morgan fingerprint density at radius 1 is 0.654 bits per heavy atom. The lowest BCUT2D eigenvalue weighted by atomic mass is 9.95. The summed E-state index contributed by atoms with van der Waals surface area (Å²) in [7, 11) is 0. The second kappa shape index (κ2) is 12.8. The maximum Gasteiger partial charge on any atom is 0.291 e. The van der Waals surface area contributed by atoms with Gasteiger partial charge in [-0.25, -0.2) is 0 Å². The lowest BCUT2D eigenvalue weighted by Crippen LogP contribution is -2.27. The second-order valence-corrected chi connectivity index (χ2v) is 9.97. The summed E-state index contributed by atoms with van der Waals surface area (Å²) in [6.07, 6.45) is 0.781. The van der Waals surface area contributed by atoms with E-state index in [0.29, 0.717) is 12.8 Å². The molecule has 0 unspecified atom stereocenters. The zero-order valence-electron chi connectivity index (χ0n) is 16.3. The Balaban J connectivity index is 4.91. The maximum absolute atomic E-state index is 12.3. The summed E-state index contributed by atoms with van der Waals surface area (Å²) in [4.78, 5) is 70.4. The highest BCUT2D eigenvalue weighted by Crippen LogP contribution is 2.16. The molecule has 26 heavy (non-hydrogen) atoms. The highest BCUT2D eigenvalue weighted by molar-refractivity contribution is 6.69. The molecule has 0 aromatic heterocycles. The Hall–Kier alpha value is -1.45. The molecule has 0 saturated carbocycles. The third-order valence-electron chi connectivity index (χ3n) is 4.25. The monoisotopic (exact) mass is 380 g/mol. The van der Waals surface area contributed by atoms with Crippen LogP contribution in [0, 0.1) is 5.92 Å². The number of hydrogen-bond acceptors (Lipinski definition) is 6. The molecule has 144 valence electrons. The van der Waals surface area contributed by atoms with Gasteiger partial charge in [0.25, 0.3) is 14.1 Å². The van der Waals surface area contributed by atoms with E-state index in [1.807, 2.05) is 13.8 Å². The fourth-order valence-electron chi connectivity index (χ4n) is 3.04. The van der Waals surface area contributed by atoms with Gasteiger partial charge in [0.1, 0.15) is 34.7 Å². The van der Waals surface area contributed by atoms with Gasteiger partial charge in [0, 0.05) is 5.92 Å². The molecule has 0 radical (unpaired) electrons. The van der Waals surface area contributed by atoms with Gasteiger partial charge in [-0.1, -0.05) is 13.8 Å². The van der Waals surface area contributed by atoms with Crippen LogP contribution in [0.25, 0.3) is 0 Å². The van der Waals surface area contributed by atoms with Crippen molar-refractivity contribution >= 4 is 48.8 Å². The number of ketones is 6. The summed E-state index contributed by atoms with van der Waals surface area (Å²) in [6.45, 7) is 6.42. The van der Waals surface area contributed by atoms with E-state index in [1.54, 1.807) is 0 Å². The number of rotatable bonds is 15. The van der Waals surface area contributed by atoms with Crippen molar-refractivity contribution in [3.05, 3.63) is 0 Å². The fourth-order valence-corrected chi connectivity index (χ4v) is 5.83. The molecule has 7 heteroatoms. The highest BCUT2D eigenvalue weighted by Gasteiger charge is 2.29. The SMILES string of the molecule is CCC(CC)C(=O)CC(=O)[CH2][Al]([CH2]C(=O)CC(C)=O)[CH2]C(=O)CC(C)=O. The molecule has 0 aliphatic heterocycles. The summed E-state index contributed by atoms with van der Waals surface area (Å²) in [5.41, 5.74) is 0. The Labute approximate surface area is 159 Å². The first-order chi connectivity index (χ1) is 12.1. The minimum Gasteiger partial charge on any atom is -0.301 e. The van der Waals surface area contributed by atoms with Crippen molar-refractivity contribution in [3.63, 3.8) is 0 Å². The largest absolute Gasteiger partial charge is 0.301 e. The summed E-state index contributed by atoms with van der Waals surface area (Å²) in [5.74, 6) is -1.55. The third-order valence-corrected chi connectivity index (χ3v) is 7.35. The minimum absolute atomic E-state index is 0.0636. The summed E-state index contributed by atoms with van der Waals surface area (Å²) in [5, 5.41) is 0.196. The van der Waals surface area contributed by atoms with Crippen LogP contribution in [0.3, 0.4) is 0 Å². The van der Waals surface area contributed by atoms with E-state index in [2.05, 4.69) is 0 Å². The minimum atomic E-state index is -2.14. The molecule has 0 heterocycles. The van der Waals surface area contributed by atoms with Crippen molar-refractivity contribution in [3.8, 4) is 0 Å². The average molecular weight is 380 g/mol. The molecule has 0 amide bonds. The molecule has 0 atom stereocenters. The van der Waals surface area contributed by atoms with Crippen molar-refractivity contribution in [1.29, 1.82) is 0 Å². The van der Waals surface area contributed by atoms with Crippen LogP contribution in [0.5, 0.6) is 0 Å². The number of hydrogen-bond donors (Lipinski definition) is 0. The topological polar surface area (TPSA) is 102 Å². The lowest BCUT2D eigenvalue weighted by molar-refractivity contribution is -0.129. The first kappa shape index (κ1) is 24.6. The molecule has 0 N–H and O–H groups in total. The summed E-state index contributed by atoms with van der Waals surface area (Å²) in [6, 6.07) is 0. The van der Waals surface area contributed by atoms with E-state index in [-0.39, 0.29) is 75.7 Å². The number of Topliss-reactive ketones (excluding diaryl/α,β-unsaturated/α-hetero) is 6. The van der Waals surface area contributed by atoms with E-state index in [4.69, 9.17) is 0 Å². The standard InChI is InChI=1S/C9H15O2.2C5H7O2.Al/c1-4-8(5-2)9(11)6-7(3)10;2*1-4(6)3-5(2)7;/h8H,3-6H2,1-2H3;2*1,3H2,2H3;. The Morgan fingerprint density at radius 3 is 1.31 bits per heavy atom. The van der Waals surface area contributed by atoms with Gasteiger partial charge >= 0.3 is 0 Å². The molecule has 0 aromatic rings. The average Bonchev–Trinajstić information content (AvgIpc) is 2.45. The molecule has 0 rings (SSSR count). The third kappa shape index (κ3) is 11.2. The van der Waals surface area contributed by atoms with Gasteiger partial charge in [-0.2, -0.15) is 0 Å². The van der Waals surface area contributed by atoms with E-state index >= 15 is 0 Å². The molecular formula is C19H29AlO6. The quantitative estimate of drug-likeness (QED) is 0.319. The molecule has 0 bridgehead atoms. The van der Waals surface area contributed by atoms with Crippen molar-refractivity contribution < 1.29 is 28.8 Å². The van der Waals surface area contributed by atoms with Crippen LogP contribution in [0.15, 0.2) is 0 Å². The van der Waals surface area contributed by atoms with Gasteiger partial charge in [-0.3, -0.25) is 14.4 Å². The molecule has 0 aliphatic carbocycles. The normalized spacial score (nSPS) is 10.5. The summed E-state index contributed by atoms with van der Waals surface area (Å²) < 4.78 is 0. The van der Waals surface area contributed by atoms with Crippen LogP contribution in [-0.2, 0) is 28.8 Å². The molecule has 0 aliphatic rings. The van der Waals surface area contributed by atoms with Gasteiger partial charge in [0.05, 0.1) is 19.3 Å². The van der Waals surface area contributed by atoms with E-state index in [0.717, 1.165) is 0 Å². The van der Waals surface area contributed by atoms with Gasteiger partial charge in [-0.05, 0) is 42.5 Å². The van der Waals surface area contributed by atoms with Crippen LogP contribution >= 0.6 is 0 Å². The predicted molar refractivity (Wildman–Crippen MR) is 99.5 cm³/mol. The van der Waals surface area contributed by atoms with Gasteiger partial charge in [0.2, 0.25) is 0 Å². The first-order valence-corrected chi connectivity index (χ1v) is 11.6. The van der Waals surface area contributed by atoms with E-state index in [1.165, 1.54) is 13.8 Å². The predicted octanol–water partition coefficient (Wildman–Crippen LogP) is 2.54. The lowest BCUT2D eigenvalue weighted by Gasteiger charge is -2.12. The number of carbonyl (C=O) groups excluding carboxylic acids is 6. The van der Waals surface area contributed by atoms with Gasteiger partial charge in [0.15, 0.2) is 0 Å². The summed E-state index contributed by atoms with van der Waals surface area (Å²) >= 11 is -2.14. The zero-order valence-corrected chi connectivity index (χ0v) is 17.4. The second-order valence-electron chi connectivity index (χ2n) is 7.01. The molecule has 0 aromatic carbocycles. The maximum atomic E-state index is 12.3. The van der Waals surface area contributed by atoms with Crippen molar-refractivity contribution in [1.82, 2.24) is 0 Å². The van der Waals surface area contributed by atoms with E-state index < -0.39 is 14.1 Å². The van der Waals surface area contributed by atoms with Gasteiger partial charge < -0.3 is 14.4 Å². The molecule has 0 saturated heterocycles. The van der Waals surface area contributed by atoms with Crippen LogP contribution < -0.4 is 0 Å². The van der Waals surface area contributed by atoms with Crippen molar-refractivity contribution in [2.75, 3.05) is 0 Å². The van der Waals surface area contributed by atoms with Crippen LogP contribution in [-0.4, -0.2) is 48.8 Å². The van der Waals surface area contributed by atoms with E-state index in [9.17, 15) is 28.8 Å². The van der Waals surface area contributed by atoms with Crippen LogP contribution in [0.2, 0.25) is 15.8 Å². The molecule has 0 spiro atoms. The fraction of sp³-hybridized carbons (Fsp3) is 0.684. The number of carbonyl (C=O) groups is 6. The molecule has 0 fully saturated rings. The van der Waals surface area contributed by atoms with Crippen molar-refractivity contribution in [2.45, 2.75) is 75.6 Å². The van der Waals surface area contributed by atoms with Crippen LogP contribution in [0.4, 0.5) is 0 Å². The first-order valence-electron chi connectivity index (χ1n) is 9.15.